The Bertz CT molecular complexity index is 883. The number of nitrogens with one attached hydrogen (secondary N) is 2. The third kappa shape index (κ3) is 16.1. The third-order valence-electron chi connectivity index (χ3n) is 7.56. The Morgan fingerprint density at radius 1 is 0.825 bits per heavy atom. The molecule has 0 aliphatic rings. The van der Waals surface area contributed by atoms with E-state index in [1.807, 2.05) is 18.3 Å². The number of aliphatic hydroxyl groups is 1. The van der Waals surface area contributed by atoms with Crippen molar-refractivity contribution in [2.24, 2.45) is 0 Å². The number of carbonyl (C=O) groups is 1. The molecule has 1 aromatic carbocycles. The van der Waals surface area contributed by atoms with Crippen molar-refractivity contribution < 1.29 is 9.90 Å². The zero-order chi connectivity index (χ0) is 28.7. The van der Waals surface area contributed by atoms with Crippen molar-refractivity contribution >= 4 is 5.91 Å². The standard InChI is InChI=1S/C33H57N5O2/c1-3-5-7-8-9-10-11-16-24-34-27-32(39)19-15-12-14-18-31-28-38(37-36-31)26-25-35-33(40)30-22-20-29(21-23-30)17-13-6-4-2/h20-23,28,32,34,39H,3-19,24-27H2,1-2H3,(H,35,40). The molecule has 0 aliphatic heterocycles. The van der Waals surface area contributed by atoms with Crippen molar-refractivity contribution in [1.82, 2.24) is 25.6 Å². The Kier molecular flexibility index (Phi) is 19.0. The summed E-state index contributed by atoms with van der Waals surface area (Å²) in [5.41, 5.74) is 2.97. The number of benzene rings is 1. The van der Waals surface area contributed by atoms with E-state index in [-0.39, 0.29) is 12.0 Å². The molecule has 7 heteroatoms. The molecule has 0 aliphatic carbocycles. The van der Waals surface area contributed by atoms with Crippen LogP contribution in [0, 0.1) is 0 Å². The second-order valence-corrected chi connectivity index (χ2v) is 11.3. The number of nitrogens with zero attached hydrogens (tertiary/aromatic N) is 3. The monoisotopic (exact) mass is 555 g/mol. The van der Waals surface area contributed by atoms with Crippen LogP contribution in [0.1, 0.15) is 132 Å². The second kappa shape index (κ2) is 22.4. The molecule has 3 N–H and O–H groups in total. The van der Waals surface area contributed by atoms with Gasteiger partial charge in [-0.2, -0.15) is 0 Å². The number of hydrogen-bond acceptors (Lipinski definition) is 5. The molecule has 1 heterocycles. The molecule has 7 nitrogen and oxygen atoms in total. The molecule has 226 valence electrons. The highest BCUT2D eigenvalue weighted by atomic mass is 16.3. The summed E-state index contributed by atoms with van der Waals surface area (Å²) < 4.78 is 1.80. The number of carbonyl (C=O) groups excluding carboxylic acids is 1. The van der Waals surface area contributed by atoms with E-state index in [4.69, 9.17) is 0 Å². The van der Waals surface area contributed by atoms with E-state index in [2.05, 4.69) is 46.9 Å². The third-order valence-corrected chi connectivity index (χ3v) is 7.56. The summed E-state index contributed by atoms with van der Waals surface area (Å²) in [6.45, 7) is 7.30. The lowest BCUT2D eigenvalue weighted by Crippen LogP contribution is -2.27. The second-order valence-electron chi connectivity index (χ2n) is 11.3. The summed E-state index contributed by atoms with van der Waals surface area (Å²) in [6.07, 6.45) is 22.0. The van der Waals surface area contributed by atoms with Crippen LogP contribution >= 0.6 is 0 Å². The zero-order valence-electron chi connectivity index (χ0n) is 25.5. The van der Waals surface area contributed by atoms with E-state index in [0.29, 0.717) is 25.2 Å². The van der Waals surface area contributed by atoms with Gasteiger partial charge in [0.05, 0.1) is 18.3 Å². The smallest absolute Gasteiger partial charge is 0.251 e. The van der Waals surface area contributed by atoms with Crippen LogP contribution in [0.3, 0.4) is 0 Å². The quantitative estimate of drug-likeness (QED) is 0.120. The van der Waals surface area contributed by atoms with Gasteiger partial charge in [0.2, 0.25) is 0 Å². The average molecular weight is 556 g/mol. The number of aromatic nitrogens is 3. The molecule has 0 spiro atoms. The van der Waals surface area contributed by atoms with Gasteiger partial charge in [-0.25, -0.2) is 0 Å². The predicted molar refractivity (Wildman–Crippen MR) is 166 cm³/mol. The Morgan fingerprint density at radius 2 is 1.48 bits per heavy atom. The molecule has 1 amide bonds. The van der Waals surface area contributed by atoms with Gasteiger partial charge in [0.15, 0.2) is 0 Å². The van der Waals surface area contributed by atoms with Crippen LogP contribution in [0.5, 0.6) is 0 Å². The number of amides is 1. The summed E-state index contributed by atoms with van der Waals surface area (Å²) in [6, 6.07) is 7.95. The van der Waals surface area contributed by atoms with Crippen LogP contribution < -0.4 is 10.6 Å². The van der Waals surface area contributed by atoms with Crippen molar-refractivity contribution in [1.29, 1.82) is 0 Å². The topological polar surface area (TPSA) is 92.1 Å². The largest absolute Gasteiger partial charge is 0.392 e. The van der Waals surface area contributed by atoms with E-state index in [1.165, 1.54) is 76.2 Å². The first-order valence-corrected chi connectivity index (χ1v) is 16.3. The van der Waals surface area contributed by atoms with E-state index in [0.717, 1.165) is 50.8 Å². The van der Waals surface area contributed by atoms with Crippen LogP contribution in [-0.4, -0.2) is 51.7 Å². The lowest BCUT2D eigenvalue weighted by atomic mass is 10.1. The Morgan fingerprint density at radius 3 is 2.23 bits per heavy atom. The van der Waals surface area contributed by atoms with Gasteiger partial charge in [0.25, 0.3) is 5.91 Å². The fourth-order valence-corrected chi connectivity index (χ4v) is 4.97. The first-order valence-electron chi connectivity index (χ1n) is 16.3. The van der Waals surface area contributed by atoms with Crippen LogP contribution in [-0.2, 0) is 19.4 Å². The van der Waals surface area contributed by atoms with Gasteiger partial charge in [-0.3, -0.25) is 9.48 Å². The highest BCUT2D eigenvalue weighted by Gasteiger charge is 2.07. The van der Waals surface area contributed by atoms with Crippen LogP contribution in [0.15, 0.2) is 30.5 Å². The summed E-state index contributed by atoms with van der Waals surface area (Å²) >= 11 is 0. The predicted octanol–water partition coefficient (Wildman–Crippen LogP) is 6.63. The molecular weight excluding hydrogens is 498 g/mol. The fourth-order valence-electron chi connectivity index (χ4n) is 4.97. The van der Waals surface area contributed by atoms with Gasteiger partial charge in [0, 0.05) is 24.8 Å². The van der Waals surface area contributed by atoms with E-state index >= 15 is 0 Å². The fraction of sp³-hybridized carbons (Fsp3) is 0.727. The molecule has 2 aromatic rings. The molecule has 0 bridgehead atoms. The highest BCUT2D eigenvalue weighted by molar-refractivity contribution is 5.94. The van der Waals surface area contributed by atoms with Crippen molar-refractivity contribution in [2.45, 2.75) is 136 Å². The van der Waals surface area contributed by atoms with Gasteiger partial charge in [-0.05, 0) is 62.8 Å². The van der Waals surface area contributed by atoms with Crippen molar-refractivity contribution in [3.8, 4) is 0 Å². The summed E-state index contributed by atoms with van der Waals surface area (Å²) in [7, 11) is 0. The number of hydrogen-bond donors (Lipinski definition) is 3. The summed E-state index contributed by atoms with van der Waals surface area (Å²) in [4.78, 5) is 12.4. The maximum atomic E-state index is 12.4. The molecule has 40 heavy (non-hydrogen) atoms. The molecule has 1 aromatic heterocycles. The minimum absolute atomic E-state index is 0.0500. The molecule has 1 atom stereocenters. The lowest BCUT2D eigenvalue weighted by molar-refractivity contribution is 0.0952. The Balaban J connectivity index is 1.46. The number of aliphatic hydroxyl groups excluding tert-OH is 1. The van der Waals surface area contributed by atoms with Gasteiger partial charge < -0.3 is 15.7 Å². The van der Waals surface area contributed by atoms with E-state index in [1.54, 1.807) is 4.68 Å². The van der Waals surface area contributed by atoms with Crippen molar-refractivity contribution in [3.05, 3.63) is 47.3 Å². The molecule has 0 saturated heterocycles. The Hall–Kier alpha value is -2.25. The summed E-state index contributed by atoms with van der Waals surface area (Å²) in [5, 5.41) is 25.1. The van der Waals surface area contributed by atoms with Crippen LogP contribution in [0.4, 0.5) is 0 Å². The minimum Gasteiger partial charge on any atom is -0.392 e. The molecular formula is C33H57N5O2. The minimum atomic E-state index is -0.256. The van der Waals surface area contributed by atoms with E-state index in [9.17, 15) is 9.90 Å². The molecule has 2 rings (SSSR count). The highest BCUT2D eigenvalue weighted by Crippen LogP contribution is 2.10. The van der Waals surface area contributed by atoms with Gasteiger partial charge in [-0.1, -0.05) is 102 Å². The zero-order valence-corrected chi connectivity index (χ0v) is 25.5. The number of aryl methyl sites for hydroxylation is 2. The average Bonchev–Trinajstić information content (AvgIpc) is 3.41. The molecule has 0 fully saturated rings. The maximum absolute atomic E-state index is 12.4. The molecule has 0 saturated carbocycles. The maximum Gasteiger partial charge on any atom is 0.251 e. The summed E-state index contributed by atoms with van der Waals surface area (Å²) in [5.74, 6) is -0.0500. The first kappa shape index (κ1) is 34.0. The molecule has 1 unspecified atom stereocenters. The lowest BCUT2D eigenvalue weighted by Gasteiger charge is -2.11. The molecule has 0 radical (unpaired) electrons. The number of unbranched alkanes of at least 4 members (excludes halogenated alkanes) is 11. The van der Waals surface area contributed by atoms with E-state index < -0.39 is 0 Å². The van der Waals surface area contributed by atoms with Gasteiger partial charge in [-0.15, -0.1) is 5.10 Å². The normalized spacial score (nSPS) is 12.1. The van der Waals surface area contributed by atoms with Crippen molar-refractivity contribution in [3.63, 3.8) is 0 Å². The first-order chi connectivity index (χ1) is 19.6. The number of rotatable bonds is 25. The SMILES string of the molecule is CCCCCCCCCCNCC(O)CCCCCc1cn(CCNC(=O)c2ccc(CCCCC)cc2)nn1. The van der Waals surface area contributed by atoms with Crippen LogP contribution in [0.25, 0.3) is 0 Å². The Labute approximate surface area is 243 Å². The van der Waals surface area contributed by atoms with Gasteiger partial charge in [0.1, 0.15) is 0 Å². The van der Waals surface area contributed by atoms with Gasteiger partial charge >= 0.3 is 0 Å². The van der Waals surface area contributed by atoms with Crippen molar-refractivity contribution in [2.75, 3.05) is 19.6 Å². The van der Waals surface area contributed by atoms with Crippen LogP contribution in [0.2, 0.25) is 0 Å².